The number of amides is 2. The molecule has 2 amide bonds. The highest BCUT2D eigenvalue weighted by atomic mass is 16.4. The Morgan fingerprint density at radius 3 is 2.66 bits per heavy atom. The molecule has 2 N–H and O–H groups in total. The molecular formula is C25H31N3O4. The number of fused-ring (bicyclic) bond motifs is 1. The first-order valence-corrected chi connectivity index (χ1v) is 11.6. The maximum Gasteiger partial charge on any atom is 0.287 e. The van der Waals surface area contributed by atoms with Gasteiger partial charge in [0.05, 0.1) is 5.56 Å². The number of nitrogens with zero attached hydrogens (tertiary/aromatic N) is 1. The Kier molecular flexibility index (Phi) is 6.63. The molecule has 1 aromatic carbocycles. The maximum absolute atomic E-state index is 13.0. The fourth-order valence-electron chi connectivity index (χ4n) is 4.63. The number of carbonyl (C=O) groups is 3. The van der Waals surface area contributed by atoms with Crippen LogP contribution in [0.5, 0.6) is 0 Å². The van der Waals surface area contributed by atoms with Crippen LogP contribution >= 0.6 is 0 Å². The number of aryl methyl sites for hydroxylation is 1. The van der Waals surface area contributed by atoms with Gasteiger partial charge in [-0.25, -0.2) is 0 Å². The lowest BCUT2D eigenvalue weighted by molar-refractivity contribution is -0.118. The maximum atomic E-state index is 13.0. The van der Waals surface area contributed by atoms with Crippen molar-refractivity contribution in [1.82, 2.24) is 5.32 Å². The SMILES string of the molecule is CCCC(NC(=O)c1oc2c(c1C)C(=O)CCC2)C(=O)Nc1cccc(N2CCCC2)c1. The molecule has 1 aliphatic heterocycles. The number of furan rings is 1. The number of hydrogen-bond donors (Lipinski definition) is 2. The lowest BCUT2D eigenvalue weighted by Crippen LogP contribution is -2.43. The van der Waals surface area contributed by atoms with Crippen molar-refractivity contribution < 1.29 is 18.8 Å². The Labute approximate surface area is 188 Å². The number of ketones is 1. The van der Waals surface area contributed by atoms with E-state index in [-0.39, 0.29) is 17.5 Å². The van der Waals surface area contributed by atoms with Crippen molar-refractivity contribution in [2.24, 2.45) is 0 Å². The zero-order valence-electron chi connectivity index (χ0n) is 18.8. The average molecular weight is 438 g/mol. The van der Waals surface area contributed by atoms with E-state index in [0.29, 0.717) is 41.8 Å². The Morgan fingerprint density at radius 1 is 1.16 bits per heavy atom. The van der Waals surface area contributed by atoms with Gasteiger partial charge in [0.1, 0.15) is 11.8 Å². The van der Waals surface area contributed by atoms with E-state index in [1.165, 1.54) is 12.8 Å². The van der Waals surface area contributed by atoms with Gasteiger partial charge in [-0.2, -0.15) is 0 Å². The molecule has 2 aliphatic rings. The second-order valence-corrected chi connectivity index (χ2v) is 8.68. The first-order chi connectivity index (χ1) is 15.5. The van der Waals surface area contributed by atoms with Gasteiger partial charge in [0.15, 0.2) is 11.5 Å². The number of rotatable bonds is 7. The largest absolute Gasteiger partial charge is 0.455 e. The van der Waals surface area contributed by atoms with Gasteiger partial charge in [-0.1, -0.05) is 19.4 Å². The lowest BCUT2D eigenvalue weighted by Gasteiger charge is -2.20. The smallest absolute Gasteiger partial charge is 0.287 e. The molecule has 1 unspecified atom stereocenters. The summed E-state index contributed by atoms with van der Waals surface area (Å²) in [5.41, 5.74) is 2.91. The predicted octanol–water partition coefficient (Wildman–Crippen LogP) is 4.24. The van der Waals surface area contributed by atoms with Crippen LogP contribution in [-0.2, 0) is 11.2 Å². The first kappa shape index (κ1) is 22.1. The summed E-state index contributed by atoms with van der Waals surface area (Å²) < 4.78 is 5.75. The highest BCUT2D eigenvalue weighted by Gasteiger charge is 2.30. The monoisotopic (exact) mass is 437 g/mol. The lowest BCUT2D eigenvalue weighted by atomic mass is 9.94. The number of benzene rings is 1. The summed E-state index contributed by atoms with van der Waals surface area (Å²) in [5.74, 6) is 0.0227. The molecule has 0 saturated carbocycles. The van der Waals surface area contributed by atoms with E-state index in [4.69, 9.17) is 4.42 Å². The van der Waals surface area contributed by atoms with Crippen LogP contribution in [0.4, 0.5) is 11.4 Å². The molecule has 2 heterocycles. The van der Waals surface area contributed by atoms with Crippen LogP contribution in [0.2, 0.25) is 0 Å². The van der Waals surface area contributed by atoms with Crippen LogP contribution in [-0.4, -0.2) is 36.7 Å². The topological polar surface area (TPSA) is 91.6 Å². The zero-order chi connectivity index (χ0) is 22.7. The fourth-order valence-corrected chi connectivity index (χ4v) is 4.63. The van der Waals surface area contributed by atoms with Gasteiger partial charge >= 0.3 is 0 Å². The summed E-state index contributed by atoms with van der Waals surface area (Å²) in [5, 5.41) is 5.78. The van der Waals surface area contributed by atoms with Crippen molar-refractivity contribution in [2.45, 2.75) is 64.8 Å². The van der Waals surface area contributed by atoms with E-state index in [2.05, 4.69) is 21.6 Å². The van der Waals surface area contributed by atoms with Gasteiger partial charge in [0.2, 0.25) is 5.91 Å². The molecule has 170 valence electrons. The molecule has 32 heavy (non-hydrogen) atoms. The van der Waals surface area contributed by atoms with Crippen LogP contribution in [0.3, 0.4) is 0 Å². The van der Waals surface area contributed by atoms with Gasteiger partial charge in [-0.05, 0) is 50.8 Å². The molecule has 1 aromatic heterocycles. The highest BCUT2D eigenvalue weighted by molar-refractivity contribution is 6.05. The number of nitrogens with one attached hydrogen (secondary N) is 2. The second-order valence-electron chi connectivity index (χ2n) is 8.68. The number of carbonyl (C=O) groups excluding carboxylic acids is 3. The Hall–Kier alpha value is -3.09. The van der Waals surface area contributed by atoms with E-state index >= 15 is 0 Å². The normalized spacial score (nSPS) is 16.6. The van der Waals surface area contributed by atoms with Crippen molar-refractivity contribution >= 4 is 29.0 Å². The quantitative estimate of drug-likeness (QED) is 0.676. The molecule has 7 heteroatoms. The third-order valence-corrected chi connectivity index (χ3v) is 6.30. The number of hydrogen-bond acceptors (Lipinski definition) is 5. The van der Waals surface area contributed by atoms with Gasteiger partial charge < -0.3 is 20.0 Å². The molecule has 4 rings (SSSR count). The van der Waals surface area contributed by atoms with Gasteiger partial charge in [0, 0.05) is 42.9 Å². The fraction of sp³-hybridized carbons (Fsp3) is 0.480. The number of Topliss-reactive ketones (excluding diaryl/α,β-unsaturated/α-hetero) is 1. The first-order valence-electron chi connectivity index (χ1n) is 11.6. The van der Waals surface area contributed by atoms with Crippen LogP contribution < -0.4 is 15.5 Å². The summed E-state index contributed by atoms with van der Waals surface area (Å²) in [6.07, 6.45) is 5.47. The Balaban J connectivity index is 1.47. The van der Waals surface area contributed by atoms with Crippen LogP contribution in [0, 0.1) is 6.92 Å². The zero-order valence-corrected chi connectivity index (χ0v) is 18.8. The van der Waals surface area contributed by atoms with Crippen LogP contribution in [0.15, 0.2) is 28.7 Å². The predicted molar refractivity (Wildman–Crippen MR) is 123 cm³/mol. The van der Waals surface area contributed by atoms with E-state index in [9.17, 15) is 14.4 Å². The Morgan fingerprint density at radius 2 is 1.94 bits per heavy atom. The van der Waals surface area contributed by atoms with Crippen molar-refractivity contribution in [3.8, 4) is 0 Å². The van der Waals surface area contributed by atoms with Crippen molar-refractivity contribution in [1.29, 1.82) is 0 Å². The summed E-state index contributed by atoms with van der Waals surface area (Å²) in [4.78, 5) is 40.5. The van der Waals surface area contributed by atoms with Gasteiger partial charge in [-0.3, -0.25) is 14.4 Å². The third-order valence-electron chi connectivity index (χ3n) is 6.30. The molecule has 0 bridgehead atoms. The van der Waals surface area contributed by atoms with Gasteiger partial charge in [0.25, 0.3) is 5.91 Å². The summed E-state index contributed by atoms with van der Waals surface area (Å²) in [6, 6.07) is 7.13. The molecule has 2 aromatic rings. The second kappa shape index (κ2) is 9.59. The summed E-state index contributed by atoms with van der Waals surface area (Å²) in [7, 11) is 0. The molecule has 1 saturated heterocycles. The van der Waals surface area contributed by atoms with Crippen molar-refractivity contribution in [3.63, 3.8) is 0 Å². The van der Waals surface area contributed by atoms with Crippen LogP contribution in [0.1, 0.15) is 77.7 Å². The van der Waals surface area contributed by atoms with Crippen molar-refractivity contribution in [2.75, 3.05) is 23.3 Å². The standard InChI is InChI=1S/C25H31N3O4/c1-3-8-19(24(30)26-17-9-6-10-18(15-17)28-13-4-5-14-28)27-25(31)23-16(2)22-20(29)11-7-12-21(22)32-23/h6,9-10,15,19H,3-5,7-8,11-14H2,1-2H3,(H,26,30)(H,27,31). The minimum Gasteiger partial charge on any atom is -0.455 e. The van der Waals surface area contributed by atoms with E-state index in [0.717, 1.165) is 31.6 Å². The molecule has 7 nitrogen and oxygen atoms in total. The molecule has 1 fully saturated rings. The minimum absolute atomic E-state index is 0.0206. The van der Waals surface area contributed by atoms with Crippen LogP contribution in [0.25, 0.3) is 0 Å². The molecule has 1 aliphatic carbocycles. The minimum atomic E-state index is -0.694. The molecule has 0 spiro atoms. The third kappa shape index (κ3) is 4.56. The highest BCUT2D eigenvalue weighted by Crippen LogP contribution is 2.29. The molecular weight excluding hydrogens is 406 g/mol. The van der Waals surface area contributed by atoms with Gasteiger partial charge in [-0.15, -0.1) is 0 Å². The summed E-state index contributed by atoms with van der Waals surface area (Å²) in [6.45, 7) is 5.76. The van der Waals surface area contributed by atoms with E-state index in [1.54, 1.807) is 6.92 Å². The Bertz CT molecular complexity index is 1020. The van der Waals surface area contributed by atoms with E-state index in [1.807, 2.05) is 25.1 Å². The molecule has 0 radical (unpaired) electrons. The summed E-state index contributed by atoms with van der Waals surface area (Å²) >= 11 is 0. The number of anilines is 2. The van der Waals surface area contributed by atoms with Crippen molar-refractivity contribution in [3.05, 3.63) is 46.9 Å². The molecule has 1 atom stereocenters. The van der Waals surface area contributed by atoms with E-state index < -0.39 is 11.9 Å². The average Bonchev–Trinajstić information content (AvgIpc) is 3.43.